The maximum atomic E-state index is 11.8. The number of amides is 1. The summed E-state index contributed by atoms with van der Waals surface area (Å²) in [5.74, 6) is -0.00128. The first-order valence-electron chi connectivity index (χ1n) is 6.03. The number of hydrogen-bond donors (Lipinski definition) is 2. The number of nitrogens with one attached hydrogen (secondary N) is 2. The summed E-state index contributed by atoms with van der Waals surface area (Å²) in [4.78, 5) is 11.8. The lowest BCUT2D eigenvalue weighted by Gasteiger charge is -2.23. The molecule has 1 rings (SSSR count). The highest BCUT2D eigenvalue weighted by Crippen LogP contribution is 2.01. The third-order valence-corrected chi connectivity index (χ3v) is 2.35. The summed E-state index contributed by atoms with van der Waals surface area (Å²) < 4.78 is 1.64. The van der Waals surface area contributed by atoms with Gasteiger partial charge in [0.1, 0.15) is 0 Å². The number of aromatic nitrogens is 2. The zero-order valence-corrected chi connectivity index (χ0v) is 11.5. The summed E-state index contributed by atoms with van der Waals surface area (Å²) in [5.41, 5.74) is 0.811. The lowest BCUT2D eigenvalue weighted by Crippen LogP contribution is -2.49. The van der Waals surface area contributed by atoms with Crippen molar-refractivity contribution in [3.05, 3.63) is 24.5 Å². The van der Waals surface area contributed by atoms with Crippen molar-refractivity contribution in [1.82, 2.24) is 20.4 Å². The van der Waals surface area contributed by atoms with Gasteiger partial charge in [-0.1, -0.05) is 6.58 Å². The minimum absolute atomic E-state index is 0.00128. The lowest BCUT2D eigenvalue weighted by molar-refractivity contribution is -0.124. The third-order valence-electron chi connectivity index (χ3n) is 2.35. The fraction of sp³-hybridized carbons (Fsp3) is 0.538. The van der Waals surface area contributed by atoms with E-state index in [0.29, 0.717) is 6.54 Å². The normalized spacial score (nSPS) is 13.1. The van der Waals surface area contributed by atoms with Crippen LogP contribution in [-0.4, -0.2) is 27.3 Å². The number of carbonyl (C=O) groups is 1. The van der Waals surface area contributed by atoms with Crippen LogP contribution in [0.2, 0.25) is 0 Å². The van der Waals surface area contributed by atoms with Crippen molar-refractivity contribution in [3.63, 3.8) is 0 Å². The largest absolute Gasteiger partial charge is 0.350 e. The molecule has 0 aliphatic heterocycles. The number of nitrogens with zero attached hydrogens (tertiary/aromatic N) is 2. The van der Waals surface area contributed by atoms with Crippen LogP contribution in [0.4, 0.5) is 0 Å². The van der Waals surface area contributed by atoms with Crippen molar-refractivity contribution in [2.24, 2.45) is 0 Å². The lowest BCUT2D eigenvalue weighted by atomic mass is 10.1. The first-order valence-corrected chi connectivity index (χ1v) is 6.03. The summed E-state index contributed by atoms with van der Waals surface area (Å²) in [6.45, 7) is 12.0. The average Bonchev–Trinajstić information content (AvgIpc) is 2.71. The Morgan fingerprint density at radius 2 is 2.28 bits per heavy atom. The van der Waals surface area contributed by atoms with Crippen LogP contribution in [0.3, 0.4) is 0 Å². The van der Waals surface area contributed by atoms with Crippen LogP contribution in [0.15, 0.2) is 19.0 Å². The van der Waals surface area contributed by atoms with Crippen molar-refractivity contribution < 1.29 is 4.79 Å². The molecule has 0 saturated carbocycles. The SMILES string of the molecule is C=Cn1cc(CNC(C)C(=O)NC(C)(C)C)cn1. The first-order chi connectivity index (χ1) is 8.31. The van der Waals surface area contributed by atoms with Crippen molar-refractivity contribution >= 4 is 12.1 Å². The molecule has 0 saturated heterocycles. The van der Waals surface area contributed by atoms with E-state index in [1.807, 2.05) is 33.9 Å². The van der Waals surface area contributed by atoms with E-state index in [4.69, 9.17) is 0 Å². The minimum atomic E-state index is -0.240. The van der Waals surface area contributed by atoms with Gasteiger partial charge in [-0.2, -0.15) is 5.10 Å². The molecule has 1 amide bonds. The molecular weight excluding hydrogens is 228 g/mol. The van der Waals surface area contributed by atoms with Crippen LogP contribution < -0.4 is 10.6 Å². The molecule has 5 nitrogen and oxygen atoms in total. The monoisotopic (exact) mass is 250 g/mol. The van der Waals surface area contributed by atoms with Crippen LogP contribution in [-0.2, 0) is 11.3 Å². The van der Waals surface area contributed by atoms with E-state index < -0.39 is 0 Å². The highest BCUT2D eigenvalue weighted by molar-refractivity contribution is 5.81. The third kappa shape index (κ3) is 4.71. The van der Waals surface area contributed by atoms with Crippen molar-refractivity contribution in [1.29, 1.82) is 0 Å². The molecule has 0 bridgehead atoms. The molecule has 2 N–H and O–H groups in total. The smallest absolute Gasteiger partial charge is 0.237 e. The van der Waals surface area contributed by atoms with Gasteiger partial charge in [-0.05, 0) is 27.7 Å². The van der Waals surface area contributed by atoms with Crippen LogP contribution in [0.5, 0.6) is 0 Å². The summed E-state index contributed by atoms with van der Waals surface area (Å²) >= 11 is 0. The van der Waals surface area contributed by atoms with Crippen molar-refractivity contribution in [2.75, 3.05) is 0 Å². The molecule has 1 heterocycles. The second-order valence-electron chi connectivity index (χ2n) is 5.35. The van der Waals surface area contributed by atoms with E-state index in [9.17, 15) is 4.79 Å². The fourth-order valence-electron chi connectivity index (χ4n) is 1.41. The van der Waals surface area contributed by atoms with E-state index in [1.165, 1.54) is 0 Å². The molecule has 0 aliphatic rings. The van der Waals surface area contributed by atoms with Crippen LogP contribution in [0.25, 0.3) is 6.20 Å². The molecule has 0 spiro atoms. The Labute approximate surface area is 108 Å². The van der Waals surface area contributed by atoms with Crippen molar-refractivity contribution in [2.45, 2.75) is 45.8 Å². The fourth-order valence-corrected chi connectivity index (χ4v) is 1.41. The molecule has 0 aliphatic carbocycles. The van der Waals surface area contributed by atoms with E-state index in [2.05, 4.69) is 22.3 Å². The molecule has 0 radical (unpaired) electrons. The second kappa shape index (κ2) is 5.82. The van der Waals surface area contributed by atoms with E-state index in [1.54, 1.807) is 17.1 Å². The molecule has 18 heavy (non-hydrogen) atoms. The topological polar surface area (TPSA) is 59.0 Å². The summed E-state index contributed by atoms with van der Waals surface area (Å²) in [5, 5.41) is 10.2. The Morgan fingerprint density at radius 3 is 2.78 bits per heavy atom. The summed E-state index contributed by atoms with van der Waals surface area (Å²) in [6, 6.07) is -0.240. The minimum Gasteiger partial charge on any atom is -0.350 e. The standard InChI is InChI=1S/C13H22N4O/c1-6-17-9-11(8-15-17)7-14-10(2)12(18)16-13(3,4)5/h6,8-10,14H,1,7H2,2-5H3,(H,16,18). The van der Waals surface area contributed by atoms with Gasteiger partial charge in [-0.3, -0.25) is 4.79 Å². The Kier molecular flexibility index (Phi) is 4.67. The quantitative estimate of drug-likeness (QED) is 0.830. The maximum absolute atomic E-state index is 11.8. The van der Waals surface area contributed by atoms with Gasteiger partial charge in [0.2, 0.25) is 5.91 Å². The van der Waals surface area contributed by atoms with Crippen molar-refractivity contribution in [3.8, 4) is 0 Å². The summed E-state index contributed by atoms with van der Waals surface area (Å²) in [6.07, 6.45) is 5.25. The van der Waals surface area contributed by atoms with E-state index >= 15 is 0 Å². The Bertz CT molecular complexity index is 417. The van der Waals surface area contributed by atoms with E-state index in [0.717, 1.165) is 5.56 Å². The second-order valence-corrected chi connectivity index (χ2v) is 5.35. The molecule has 100 valence electrons. The average molecular weight is 250 g/mol. The zero-order chi connectivity index (χ0) is 13.8. The van der Waals surface area contributed by atoms with Crippen LogP contribution >= 0.6 is 0 Å². The highest BCUT2D eigenvalue weighted by atomic mass is 16.2. The maximum Gasteiger partial charge on any atom is 0.237 e. The molecular formula is C13H22N4O. The van der Waals surface area contributed by atoms with Crippen LogP contribution in [0, 0.1) is 0 Å². The molecule has 1 unspecified atom stereocenters. The van der Waals surface area contributed by atoms with Gasteiger partial charge in [0.15, 0.2) is 0 Å². The molecule has 1 aromatic rings. The highest BCUT2D eigenvalue weighted by Gasteiger charge is 2.18. The Hall–Kier alpha value is -1.62. The number of carbonyl (C=O) groups excluding carboxylic acids is 1. The Balaban J connectivity index is 2.43. The molecule has 5 heteroatoms. The van der Waals surface area contributed by atoms with Gasteiger partial charge >= 0.3 is 0 Å². The van der Waals surface area contributed by atoms with Gasteiger partial charge in [-0.15, -0.1) is 0 Å². The van der Waals surface area contributed by atoms with Gasteiger partial charge < -0.3 is 10.6 Å². The van der Waals surface area contributed by atoms with Gasteiger partial charge in [0, 0.05) is 30.0 Å². The molecule has 0 aromatic carbocycles. The molecule has 1 aromatic heterocycles. The van der Waals surface area contributed by atoms with Gasteiger partial charge in [0.05, 0.1) is 12.2 Å². The predicted octanol–water partition coefficient (Wildman–Crippen LogP) is 1.38. The zero-order valence-electron chi connectivity index (χ0n) is 11.5. The summed E-state index contributed by atoms with van der Waals surface area (Å²) in [7, 11) is 0. The number of rotatable bonds is 5. The van der Waals surface area contributed by atoms with Crippen LogP contribution in [0.1, 0.15) is 33.3 Å². The number of hydrogen-bond acceptors (Lipinski definition) is 3. The van der Waals surface area contributed by atoms with E-state index in [-0.39, 0.29) is 17.5 Å². The molecule has 0 fully saturated rings. The van der Waals surface area contributed by atoms with Gasteiger partial charge in [0.25, 0.3) is 0 Å². The molecule has 1 atom stereocenters. The Morgan fingerprint density at radius 1 is 1.61 bits per heavy atom. The van der Waals surface area contributed by atoms with Gasteiger partial charge in [-0.25, -0.2) is 4.68 Å². The predicted molar refractivity (Wildman–Crippen MR) is 72.8 cm³/mol. The first kappa shape index (κ1) is 14.4.